The Balaban J connectivity index is 2.72. The van der Waals surface area contributed by atoms with Crippen LogP contribution in [0.1, 0.15) is 0 Å². The first-order chi connectivity index (χ1) is 8.20. The van der Waals surface area contributed by atoms with Crippen molar-refractivity contribution in [1.82, 2.24) is 9.13 Å². The lowest BCUT2D eigenvalue weighted by Crippen LogP contribution is -2.21. The molecule has 6 nitrogen and oxygen atoms in total. The summed E-state index contributed by atoms with van der Waals surface area (Å²) in [6.07, 6.45) is 0.973. The van der Waals surface area contributed by atoms with Crippen molar-refractivity contribution in [2.24, 2.45) is 7.05 Å². The lowest BCUT2D eigenvalue weighted by molar-refractivity contribution is 0.202. The van der Waals surface area contributed by atoms with Crippen LogP contribution in [0.15, 0.2) is 23.0 Å². The Labute approximate surface area is 97.2 Å². The number of para-hydroxylation sites is 1. The lowest BCUT2D eigenvalue weighted by Gasteiger charge is -2.06. The fraction of sp³-hybridized carbons (Fsp3) is 0.273. The minimum absolute atomic E-state index is 0.0877. The van der Waals surface area contributed by atoms with Crippen molar-refractivity contribution in [1.29, 1.82) is 5.41 Å². The zero-order chi connectivity index (χ0) is 12.4. The molecule has 1 aromatic heterocycles. The van der Waals surface area contributed by atoms with Crippen molar-refractivity contribution < 1.29 is 9.84 Å². The van der Waals surface area contributed by atoms with E-state index in [2.05, 4.69) is 0 Å². The molecule has 2 aromatic rings. The number of fused-ring (bicyclic) bond motifs is 1. The molecule has 90 valence electrons. The number of aliphatic hydroxyl groups excluding tert-OH is 1. The number of benzene rings is 1. The molecule has 0 unspecified atom stereocenters. The Hall–Kier alpha value is -2.08. The molecule has 1 heterocycles. The smallest absolute Gasteiger partial charge is 0.334 e. The van der Waals surface area contributed by atoms with Crippen molar-refractivity contribution in [3.05, 3.63) is 28.7 Å². The van der Waals surface area contributed by atoms with E-state index in [0.717, 1.165) is 6.34 Å². The summed E-state index contributed by atoms with van der Waals surface area (Å²) < 4.78 is 8.02. The first kappa shape index (κ1) is 11.4. The molecular formula is C11H13N3O3. The second kappa shape index (κ2) is 4.42. The van der Waals surface area contributed by atoms with Crippen LogP contribution in [-0.2, 0) is 7.05 Å². The van der Waals surface area contributed by atoms with Gasteiger partial charge in [0.1, 0.15) is 17.9 Å². The van der Waals surface area contributed by atoms with E-state index >= 15 is 0 Å². The molecule has 2 N–H and O–H groups in total. The standard InChI is InChI=1S/C11H13N3O3/c1-13-10-8(14(7-12)11(13)16)3-2-4-9(10)17-6-5-15/h2-4,7,12,15H,5-6H2,1H3. The van der Waals surface area contributed by atoms with Gasteiger partial charge in [-0.3, -0.25) is 14.5 Å². The van der Waals surface area contributed by atoms with Crippen molar-refractivity contribution in [3.8, 4) is 5.75 Å². The Morgan fingerprint density at radius 3 is 2.94 bits per heavy atom. The van der Waals surface area contributed by atoms with Gasteiger partial charge in [0.2, 0.25) is 0 Å². The van der Waals surface area contributed by atoms with Crippen LogP contribution in [0, 0.1) is 5.41 Å². The summed E-state index contributed by atoms with van der Waals surface area (Å²) in [4.78, 5) is 11.8. The van der Waals surface area contributed by atoms with Gasteiger partial charge in [-0.05, 0) is 12.1 Å². The normalized spacial score (nSPS) is 10.7. The number of nitrogens with one attached hydrogen (secondary N) is 1. The molecule has 0 saturated heterocycles. The van der Waals surface area contributed by atoms with Crippen LogP contribution in [0.25, 0.3) is 11.0 Å². The molecular weight excluding hydrogens is 222 g/mol. The van der Waals surface area contributed by atoms with Gasteiger partial charge < -0.3 is 9.84 Å². The zero-order valence-electron chi connectivity index (χ0n) is 9.38. The Bertz CT molecular complexity index is 612. The predicted molar refractivity (Wildman–Crippen MR) is 63.9 cm³/mol. The quantitative estimate of drug-likeness (QED) is 0.585. The maximum Gasteiger partial charge on any atom is 0.334 e. The van der Waals surface area contributed by atoms with Crippen LogP contribution >= 0.6 is 0 Å². The molecule has 2 rings (SSSR count). The summed E-state index contributed by atoms with van der Waals surface area (Å²) in [6.45, 7) is 0.0820. The average Bonchev–Trinajstić information content (AvgIpc) is 2.60. The van der Waals surface area contributed by atoms with Crippen LogP contribution in [0.4, 0.5) is 0 Å². The van der Waals surface area contributed by atoms with Crippen molar-refractivity contribution in [2.45, 2.75) is 0 Å². The summed E-state index contributed by atoms with van der Waals surface area (Å²) in [5.74, 6) is 0.525. The van der Waals surface area contributed by atoms with E-state index < -0.39 is 0 Å². The number of ether oxygens (including phenoxy) is 1. The van der Waals surface area contributed by atoms with Gasteiger partial charge >= 0.3 is 5.69 Å². The molecule has 0 saturated carbocycles. The molecule has 0 atom stereocenters. The second-order valence-corrected chi connectivity index (χ2v) is 3.54. The van der Waals surface area contributed by atoms with Crippen molar-refractivity contribution in [3.63, 3.8) is 0 Å². The maximum absolute atomic E-state index is 11.8. The van der Waals surface area contributed by atoms with Gasteiger partial charge in [0.05, 0.1) is 18.5 Å². The fourth-order valence-electron chi connectivity index (χ4n) is 1.80. The summed E-state index contributed by atoms with van der Waals surface area (Å²) in [5.41, 5.74) is 0.937. The van der Waals surface area contributed by atoms with Gasteiger partial charge in [0.25, 0.3) is 0 Å². The Morgan fingerprint density at radius 2 is 2.29 bits per heavy atom. The van der Waals surface area contributed by atoms with Crippen molar-refractivity contribution >= 4 is 17.4 Å². The van der Waals surface area contributed by atoms with E-state index in [0.29, 0.717) is 16.8 Å². The van der Waals surface area contributed by atoms with E-state index in [1.165, 1.54) is 9.13 Å². The number of aromatic nitrogens is 2. The molecule has 0 radical (unpaired) electrons. The first-order valence-electron chi connectivity index (χ1n) is 5.15. The third-order valence-electron chi connectivity index (χ3n) is 2.54. The van der Waals surface area contributed by atoms with Crippen LogP contribution in [0.5, 0.6) is 5.75 Å². The highest BCUT2D eigenvalue weighted by Crippen LogP contribution is 2.23. The summed E-state index contributed by atoms with van der Waals surface area (Å²) in [5, 5.41) is 16.0. The maximum atomic E-state index is 11.8. The number of hydrogen-bond donors (Lipinski definition) is 2. The van der Waals surface area contributed by atoms with Gasteiger partial charge in [-0.1, -0.05) is 6.07 Å². The topological polar surface area (TPSA) is 80.2 Å². The molecule has 0 aliphatic rings. The highest BCUT2D eigenvalue weighted by molar-refractivity contribution is 5.87. The first-order valence-corrected chi connectivity index (χ1v) is 5.15. The third kappa shape index (κ3) is 1.72. The monoisotopic (exact) mass is 235 g/mol. The highest BCUT2D eigenvalue weighted by Gasteiger charge is 2.13. The molecule has 0 amide bonds. The Morgan fingerprint density at radius 1 is 1.53 bits per heavy atom. The van der Waals surface area contributed by atoms with Crippen LogP contribution in [-0.4, -0.2) is 33.8 Å². The van der Waals surface area contributed by atoms with E-state index in [-0.39, 0.29) is 18.9 Å². The summed E-state index contributed by atoms with van der Waals surface area (Å²) in [7, 11) is 1.62. The summed E-state index contributed by atoms with van der Waals surface area (Å²) in [6, 6.07) is 5.22. The lowest BCUT2D eigenvalue weighted by atomic mass is 10.3. The third-order valence-corrected chi connectivity index (χ3v) is 2.54. The van der Waals surface area contributed by atoms with Gasteiger partial charge in [-0.25, -0.2) is 4.79 Å². The molecule has 0 bridgehead atoms. The number of rotatable bonds is 4. The van der Waals surface area contributed by atoms with Crippen LogP contribution in [0.3, 0.4) is 0 Å². The molecule has 0 fully saturated rings. The SMILES string of the molecule is Cn1c(=O)n(C=N)c2cccc(OCCO)c21. The molecule has 6 heteroatoms. The van der Waals surface area contributed by atoms with Gasteiger partial charge in [0.15, 0.2) is 0 Å². The molecule has 17 heavy (non-hydrogen) atoms. The van der Waals surface area contributed by atoms with Crippen LogP contribution < -0.4 is 10.4 Å². The fourth-order valence-corrected chi connectivity index (χ4v) is 1.80. The van der Waals surface area contributed by atoms with E-state index in [1.807, 2.05) is 0 Å². The molecule has 0 aliphatic carbocycles. The van der Waals surface area contributed by atoms with Crippen LogP contribution in [0.2, 0.25) is 0 Å². The second-order valence-electron chi connectivity index (χ2n) is 3.54. The number of aliphatic hydroxyl groups is 1. The highest BCUT2D eigenvalue weighted by atomic mass is 16.5. The number of hydrogen-bond acceptors (Lipinski definition) is 4. The van der Waals surface area contributed by atoms with Crippen molar-refractivity contribution in [2.75, 3.05) is 13.2 Å². The zero-order valence-corrected chi connectivity index (χ0v) is 9.38. The number of imidazole rings is 1. The Kier molecular flexibility index (Phi) is 2.97. The predicted octanol–water partition coefficient (Wildman–Crippen LogP) is 0.166. The van der Waals surface area contributed by atoms with Gasteiger partial charge in [-0.15, -0.1) is 0 Å². The average molecular weight is 235 g/mol. The summed E-state index contributed by atoms with van der Waals surface area (Å²) >= 11 is 0. The van der Waals surface area contributed by atoms with E-state index in [4.69, 9.17) is 15.3 Å². The molecule has 0 spiro atoms. The largest absolute Gasteiger partial charge is 0.489 e. The van der Waals surface area contributed by atoms with Gasteiger partial charge in [-0.2, -0.15) is 0 Å². The number of nitrogens with zero attached hydrogens (tertiary/aromatic N) is 2. The minimum Gasteiger partial charge on any atom is -0.489 e. The molecule has 1 aromatic carbocycles. The molecule has 0 aliphatic heterocycles. The van der Waals surface area contributed by atoms with Gasteiger partial charge in [0, 0.05) is 7.05 Å². The van der Waals surface area contributed by atoms with E-state index in [1.54, 1.807) is 25.2 Å². The van der Waals surface area contributed by atoms with E-state index in [9.17, 15) is 4.79 Å². The minimum atomic E-state index is -0.296. The number of aryl methyl sites for hydroxylation is 1.